The lowest BCUT2D eigenvalue weighted by Crippen LogP contribution is -2.18. The number of hydrogen-bond donors (Lipinski definition) is 2. The minimum absolute atomic E-state index is 0.0494. The Morgan fingerprint density at radius 3 is 2.46 bits per heavy atom. The summed E-state index contributed by atoms with van der Waals surface area (Å²) in [6.45, 7) is 1.83. The van der Waals surface area contributed by atoms with Crippen LogP contribution < -0.4 is 11.6 Å². The van der Waals surface area contributed by atoms with Gasteiger partial charge in [0, 0.05) is 35.5 Å². The van der Waals surface area contributed by atoms with Crippen LogP contribution in [-0.2, 0) is 6.18 Å². The molecule has 0 radical (unpaired) electrons. The lowest BCUT2D eigenvalue weighted by Gasteiger charge is -2.15. The number of benzene rings is 1. The number of nitrogens with zero attached hydrogens (tertiary/aromatic N) is 7. The SMILES string of the molecule is CCC(C(C=Nc1ccc(F)c(F)c1)=NN)c1c(Br)c(-c2cnc(C(F)(F)F)nc2)c2c(N)ncnn12. The Morgan fingerprint density at radius 1 is 1.16 bits per heavy atom. The molecule has 9 nitrogen and oxygen atoms in total. The maximum atomic E-state index is 13.6. The van der Waals surface area contributed by atoms with Crippen molar-refractivity contribution in [2.75, 3.05) is 5.73 Å². The van der Waals surface area contributed by atoms with E-state index in [-0.39, 0.29) is 22.8 Å². The molecule has 0 saturated heterocycles. The summed E-state index contributed by atoms with van der Waals surface area (Å²) in [7, 11) is 0. The summed E-state index contributed by atoms with van der Waals surface area (Å²) >= 11 is 3.52. The lowest BCUT2D eigenvalue weighted by atomic mass is 9.96. The number of aromatic nitrogens is 5. The molecule has 37 heavy (non-hydrogen) atoms. The van der Waals surface area contributed by atoms with Crippen LogP contribution in [0.5, 0.6) is 0 Å². The highest BCUT2D eigenvalue weighted by Gasteiger charge is 2.35. The number of hydrazone groups is 1. The van der Waals surface area contributed by atoms with Gasteiger partial charge < -0.3 is 11.6 Å². The van der Waals surface area contributed by atoms with Crippen LogP contribution >= 0.6 is 15.9 Å². The largest absolute Gasteiger partial charge is 0.451 e. The van der Waals surface area contributed by atoms with Gasteiger partial charge in [0.2, 0.25) is 5.82 Å². The monoisotopic (exact) mass is 581 g/mol. The van der Waals surface area contributed by atoms with Crippen LogP contribution in [0.15, 0.2) is 51.5 Å². The summed E-state index contributed by atoms with van der Waals surface area (Å²) in [5.74, 6) is 1.76. The van der Waals surface area contributed by atoms with Crippen LogP contribution in [-0.4, -0.2) is 36.5 Å². The highest BCUT2D eigenvalue weighted by atomic mass is 79.9. The molecule has 0 amide bonds. The molecule has 0 aliphatic heterocycles. The molecule has 1 aromatic carbocycles. The molecule has 0 bridgehead atoms. The number of nitrogens with two attached hydrogens (primary N) is 2. The maximum absolute atomic E-state index is 13.6. The second-order valence-electron chi connectivity index (χ2n) is 7.64. The molecule has 3 heterocycles. The Hall–Kier alpha value is -4.01. The fraction of sp³-hybridized carbons (Fsp3) is 0.182. The predicted octanol–water partition coefficient (Wildman–Crippen LogP) is 5.04. The van der Waals surface area contributed by atoms with Crippen LogP contribution in [0.4, 0.5) is 33.5 Å². The number of fused-ring (bicyclic) bond motifs is 1. The second kappa shape index (κ2) is 10.2. The third-order valence-corrected chi connectivity index (χ3v) is 6.22. The number of rotatable bonds is 6. The van der Waals surface area contributed by atoms with Crippen LogP contribution in [0.3, 0.4) is 0 Å². The first-order chi connectivity index (χ1) is 17.6. The van der Waals surface area contributed by atoms with Crippen molar-refractivity contribution < 1.29 is 22.0 Å². The number of halogens is 6. The Morgan fingerprint density at radius 2 is 1.86 bits per heavy atom. The zero-order valence-corrected chi connectivity index (χ0v) is 20.5. The van der Waals surface area contributed by atoms with Crippen LogP contribution in [0.2, 0.25) is 0 Å². The van der Waals surface area contributed by atoms with E-state index in [0.717, 1.165) is 24.5 Å². The van der Waals surface area contributed by atoms with Gasteiger partial charge in [0.1, 0.15) is 11.8 Å². The van der Waals surface area contributed by atoms with Crippen LogP contribution in [0.25, 0.3) is 16.6 Å². The Balaban J connectivity index is 1.85. The minimum atomic E-state index is -4.71. The Bertz CT molecular complexity index is 1510. The number of nitrogen functional groups attached to an aromatic ring is 1. The predicted molar refractivity (Wildman–Crippen MR) is 130 cm³/mol. The van der Waals surface area contributed by atoms with Gasteiger partial charge in [0.15, 0.2) is 17.5 Å². The highest BCUT2D eigenvalue weighted by Crippen LogP contribution is 2.42. The fourth-order valence-corrected chi connectivity index (χ4v) is 4.60. The summed E-state index contributed by atoms with van der Waals surface area (Å²) in [5.41, 5.74) is 7.86. The van der Waals surface area contributed by atoms with Crippen LogP contribution in [0.1, 0.15) is 30.8 Å². The maximum Gasteiger partial charge on any atom is 0.451 e. The molecule has 0 spiro atoms. The molecule has 15 heteroatoms. The molecule has 1 unspecified atom stereocenters. The first-order valence-electron chi connectivity index (χ1n) is 10.5. The van der Waals surface area contributed by atoms with Gasteiger partial charge in [0.05, 0.1) is 27.8 Å². The molecule has 3 aromatic heterocycles. The van der Waals surface area contributed by atoms with E-state index in [4.69, 9.17) is 11.6 Å². The van der Waals surface area contributed by atoms with E-state index in [0.29, 0.717) is 27.7 Å². The van der Waals surface area contributed by atoms with Gasteiger partial charge >= 0.3 is 6.18 Å². The fourth-order valence-electron chi connectivity index (χ4n) is 3.74. The van der Waals surface area contributed by atoms with E-state index in [9.17, 15) is 22.0 Å². The molecular formula is C22H17BrF5N9. The summed E-state index contributed by atoms with van der Waals surface area (Å²) < 4.78 is 67.7. The first kappa shape index (κ1) is 26.1. The molecule has 1 atom stereocenters. The Labute approximate surface area is 214 Å². The topological polar surface area (TPSA) is 133 Å². The van der Waals surface area contributed by atoms with Gasteiger partial charge in [-0.1, -0.05) is 6.92 Å². The first-order valence-corrected chi connectivity index (χ1v) is 11.3. The average Bonchev–Trinajstić information content (AvgIpc) is 3.16. The van der Waals surface area contributed by atoms with Gasteiger partial charge in [-0.2, -0.15) is 23.4 Å². The van der Waals surface area contributed by atoms with Crippen molar-refractivity contribution in [3.63, 3.8) is 0 Å². The van der Waals surface area contributed by atoms with Crippen molar-refractivity contribution in [2.45, 2.75) is 25.4 Å². The molecule has 4 N–H and O–H groups in total. The molecule has 0 saturated carbocycles. The van der Waals surface area contributed by atoms with E-state index in [2.05, 4.69) is 46.1 Å². The molecule has 0 aliphatic carbocycles. The lowest BCUT2D eigenvalue weighted by molar-refractivity contribution is -0.144. The van der Waals surface area contributed by atoms with Crippen molar-refractivity contribution >= 4 is 44.9 Å². The molecular weight excluding hydrogens is 565 g/mol. The third kappa shape index (κ3) is 4.98. The van der Waals surface area contributed by atoms with E-state index < -0.39 is 29.6 Å². The summed E-state index contributed by atoms with van der Waals surface area (Å²) in [4.78, 5) is 15.0. The quantitative estimate of drug-likeness (QED) is 0.142. The average molecular weight is 582 g/mol. The third-order valence-electron chi connectivity index (χ3n) is 5.42. The molecule has 0 fully saturated rings. The smallest absolute Gasteiger partial charge is 0.382 e. The normalized spacial score (nSPS) is 13.5. The summed E-state index contributed by atoms with van der Waals surface area (Å²) in [5, 5.41) is 8.10. The second-order valence-corrected chi connectivity index (χ2v) is 8.44. The van der Waals surface area contributed by atoms with Gasteiger partial charge in [0.25, 0.3) is 0 Å². The molecule has 4 rings (SSSR count). The van der Waals surface area contributed by atoms with E-state index in [1.807, 2.05) is 6.92 Å². The Kier molecular flexibility index (Phi) is 7.16. The highest BCUT2D eigenvalue weighted by molar-refractivity contribution is 9.10. The van der Waals surface area contributed by atoms with Gasteiger partial charge in [-0.3, -0.25) is 4.99 Å². The van der Waals surface area contributed by atoms with Gasteiger partial charge in [-0.05, 0) is 34.5 Å². The number of anilines is 1. The van der Waals surface area contributed by atoms with Crippen molar-refractivity contribution in [3.8, 4) is 11.1 Å². The number of hydrogen-bond acceptors (Lipinski definition) is 8. The summed E-state index contributed by atoms with van der Waals surface area (Å²) in [6.07, 6.45) is 0.270. The number of alkyl halides is 3. The minimum Gasteiger partial charge on any atom is -0.382 e. The summed E-state index contributed by atoms with van der Waals surface area (Å²) in [6, 6.07) is 3.14. The van der Waals surface area contributed by atoms with E-state index in [1.165, 1.54) is 23.1 Å². The van der Waals surface area contributed by atoms with Gasteiger partial charge in [-0.25, -0.2) is 28.2 Å². The number of aliphatic imine (C=N–C) groups is 1. The molecule has 0 aliphatic rings. The van der Waals surface area contributed by atoms with Crippen molar-refractivity contribution in [3.05, 3.63) is 64.5 Å². The zero-order chi connectivity index (χ0) is 26.9. The zero-order valence-electron chi connectivity index (χ0n) is 18.9. The van der Waals surface area contributed by atoms with Gasteiger partial charge in [-0.15, -0.1) is 0 Å². The van der Waals surface area contributed by atoms with E-state index in [1.54, 1.807) is 0 Å². The van der Waals surface area contributed by atoms with Crippen LogP contribution in [0, 0.1) is 11.6 Å². The molecule has 4 aromatic rings. The standard InChI is InChI=1S/C22H17BrF5N9/c1-2-12(15(36-30)8-31-11-3-4-13(24)14(25)5-11)18-17(23)16(19-20(29)34-9-35-37(18)19)10-6-32-21(33-7-10)22(26,27)28/h3-9,12H,2,30H2,1H3,(H2,29,34,35). The van der Waals surface area contributed by atoms with E-state index >= 15 is 0 Å². The molecule has 192 valence electrons. The van der Waals surface area contributed by atoms with Crippen molar-refractivity contribution in [1.29, 1.82) is 0 Å². The van der Waals surface area contributed by atoms with Crippen molar-refractivity contribution in [1.82, 2.24) is 24.6 Å². The van der Waals surface area contributed by atoms with Crippen molar-refractivity contribution in [2.24, 2.45) is 15.9 Å².